The Morgan fingerprint density at radius 1 is 1.28 bits per heavy atom. The van der Waals surface area contributed by atoms with Gasteiger partial charge in [-0.05, 0) is 58.8 Å². The van der Waals surface area contributed by atoms with E-state index in [1.165, 1.54) is 6.08 Å². The van der Waals surface area contributed by atoms with Crippen molar-refractivity contribution >= 4 is 17.7 Å². The van der Waals surface area contributed by atoms with Crippen LogP contribution in [0.4, 0.5) is 5.69 Å². The summed E-state index contributed by atoms with van der Waals surface area (Å²) in [5, 5.41) is 16.5. The van der Waals surface area contributed by atoms with Crippen molar-refractivity contribution in [1.82, 2.24) is 20.6 Å². The number of rotatable bonds is 8. The summed E-state index contributed by atoms with van der Waals surface area (Å²) >= 11 is 0. The molecule has 9 nitrogen and oxygen atoms in total. The van der Waals surface area contributed by atoms with E-state index in [0.717, 1.165) is 24.2 Å². The van der Waals surface area contributed by atoms with Crippen molar-refractivity contribution in [2.75, 3.05) is 11.9 Å². The lowest BCUT2D eigenvalue weighted by Crippen LogP contribution is -2.24. The largest absolute Gasteiger partial charge is 0.485 e. The highest BCUT2D eigenvalue weighted by molar-refractivity contribution is 6.03. The quantitative estimate of drug-likeness (QED) is 0.407. The Bertz CT molecular complexity index is 1090. The maximum atomic E-state index is 12.5. The maximum Gasteiger partial charge on any atom is 0.248 e. The summed E-state index contributed by atoms with van der Waals surface area (Å²) in [4.78, 5) is 12.5. The fourth-order valence-corrected chi connectivity index (χ4v) is 2.99. The Kier molecular flexibility index (Phi) is 6.76. The van der Waals surface area contributed by atoms with Crippen LogP contribution in [0.1, 0.15) is 37.3 Å². The molecule has 2 aromatic carbocycles. The molecule has 1 aliphatic heterocycles. The van der Waals surface area contributed by atoms with Gasteiger partial charge < -0.3 is 19.5 Å². The van der Waals surface area contributed by atoms with Crippen LogP contribution in [0.5, 0.6) is 17.2 Å². The zero-order valence-electron chi connectivity index (χ0n) is 17.5. The third kappa shape index (κ3) is 5.31. The van der Waals surface area contributed by atoms with Gasteiger partial charge in [0.25, 0.3) is 0 Å². The molecule has 32 heavy (non-hydrogen) atoms. The van der Waals surface area contributed by atoms with Gasteiger partial charge in [-0.2, -0.15) is 0 Å². The lowest BCUT2D eigenvalue weighted by molar-refractivity contribution is -0.111. The van der Waals surface area contributed by atoms with Crippen LogP contribution in [0.3, 0.4) is 0 Å². The van der Waals surface area contributed by atoms with Gasteiger partial charge in [0.2, 0.25) is 5.91 Å². The number of amides is 1. The van der Waals surface area contributed by atoms with Crippen LogP contribution in [0.25, 0.3) is 6.08 Å². The predicted octanol–water partition coefficient (Wildman–Crippen LogP) is 4.06. The minimum Gasteiger partial charge on any atom is -0.485 e. The van der Waals surface area contributed by atoms with E-state index in [-0.39, 0.29) is 12.5 Å². The molecule has 0 bridgehead atoms. The molecule has 0 aliphatic carbocycles. The lowest BCUT2D eigenvalue weighted by atomic mass is 10.2. The van der Waals surface area contributed by atoms with Crippen LogP contribution in [-0.4, -0.2) is 33.1 Å². The number of aromatic nitrogens is 4. The van der Waals surface area contributed by atoms with Gasteiger partial charge in [0.15, 0.2) is 23.4 Å². The van der Waals surface area contributed by atoms with E-state index in [4.69, 9.17) is 14.2 Å². The number of hydrogen-bond donors (Lipinski definition) is 2. The number of allylic oxidation sites excluding steroid dienone is 1. The number of para-hydroxylation sites is 1. The fourth-order valence-electron chi connectivity index (χ4n) is 2.99. The zero-order valence-corrected chi connectivity index (χ0v) is 17.5. The zero-order chi connectivity index (χ0) is 22.2. The summed E-state index contributed by atoms with van der Waals surface area (Å²) in [5.41, 5.74) is 1.37. The third-order valence-corrected chi connectivity index (χ3v) is 4.62. The molecule has 1 aliphatic rings. The number of hydrogen-bond acceptors (Lipinski definition) is 7. The molecular formula is C23H23N5O4. The Morgan fingerprint density at radius 2 is 2.16 bits per heavy atom. The number of anilines is 1. The molecule has 0 saturated carbocycles. The number of unbranched alkanes of at least 4 members (excludes halogenated alkanes) is 1. The molecule has 2 N–H and O–H groups in total. The molecule has 1 aromatic heterocycles. The van der Waals surface area contributed by atoms with Gasteiger partial charge in [-0.1, -0.05) is 31.5 Å². The van der Waals surface area contributed by atoms with Crippen LogP contribution in [-0.2, 0) is 4.79 Å². The highest BCUT2D eigenvalue weighted by Gasteiger charge is 2.27. The highest BCUT2D eigenvalue weighted by atomic mass is 16.6. The number of nitrogens with one attached hydrogen (secondary N) is 2. The Balaban J connectivity index is 1.38. The summed E-state index contributed by atoms with van der Waals surface area (Å²) in [6, 6.07) is 12.8. The van der Waals surface area contributed by atoms with Gasteiger partial charge in [-0.25, -0.2) is 5.10 Å². The monoisotopic (exact) mass is 433 g/mol. The lowest BCUT2D eigenvalue weighted by Gasteiger charge is -2.26. The van der Waals surface area contributed by atoms with Gasteiger partial charge in [-0.3, -0.25) is 4.79 Å². The number of tetrazole rings is 1. The van der Waals surface area contributed by atoms with Crippen molar-refractivity contribution in [3.63, 3.8) is 0 Å². The van der Waals surface area contributed by atoms with Crippen molar-refractivity contribution in [3.05, 3.63) is 72.3 Å². The first-order valence-corrected chi connectivity index (χ1v) is 10.3. The second kappa shape index (κ2) is 10.3. The van der Waals surface area contributed by atoms with Crippen LogP contribution >= 0.6 is 0 Å². The number of carbonyl (C=O) groups is 1. The topological polar surface area (TPSA) is 111 Å². The van der Waals surface area contributed by atoms with Gasteiger partial charge in [0.1, 0.15) is 12.4 Å². The fraction of sp³-hybridized carbons (Fsp3) is 0.217. The van der Waals surface area contributed by atoms with Crippen molar-refractivity contribution in [2.45, 2.75) is 25.9 Å². The molecule has 3 aromatic rings. The van der Waals surface area contributed by atoms with Gasteiger partial charge in [0.05, 0.1) is 11.9 Å². The van der Waals surface area contributed by atoms with E-state index in [1.54, 1.807) is 30.5 Å². The molecule has 4 rings (SSSR count). The molecule has 0 saturated heterocycles. The van der Waals surface area contributed by atoms with Crippen molar-refractivity contribution in [2.24, 2.45) is 0 Å². The van der Waals surface area contributed by atoms with Crippen LogP contribution in [0.2, 0.25) is 0 Å². The van der Waals surface area contributed by atoms with E-state index >= 15 is 0 Å². The van der Waals surface area contributed by atoms with Gasteiger partial charge >= 0.3 is 0 Å². The minimum atomic E-state index is -0.497. The molecule has 2 heterocycles. The number of ether oxygens (including phenoxy) is 3. The first-order valence-electron chi connectivity index (χ1n) is 10.3. The first kappa shape index (κ1) is 21.1. The first-order chi connectivity index (χ1) is 15.7. The molecular weight excluding hydrogens is 410 g/mol. The second-order valence-corrected chi connectivity index (χ2v) is 7.01. The smallest absolute Gasteiger partial charge is 0.248 e. The molecule has 1 amide bonds. The number of aromatic amines is 1. The SMILES string of the molecule is CCCC=COc1ccc(C=CC(=O)Nc2cccc3c2OC(c2nnn[nH]2)CO3)cc1. The van der Waals surface area contributed by atoms with E-state index in [0.29, 0.717) is 23.0 Å². The molecule has 1 unspecified atom stereocenters. The summed E-state index contributed by atoms with van der Waals surface area (Å²) in [6.45, 7) is 2.37. The summed E-state index contributed by atoms with van der Waals surface area (Å²) in [6.07, 6.45) is 8.42. The number of benzene rings is 2. The van der Waals surface area contributed by atoms with E-state index in [1.807, 2.05) is 30.3 Å². The van der Waals surface area contributed by atoms with E-state index in [9.17, 15) is 4.79 Å². The van der Waals surface area contributed by atoms with Crippen molar-refractivity contribution in [1.29, 1.82) is 0 Å². The Hall–Kier alpha value is -4.14. The Labute approximate surface area is 185 Å². The molecule has 0 fully saturated rings. The number of fused-ring (bicyclic) bond motifs is 1. The molecule has 0 radical (unpaired) electrons. The average Bonchev–Trinajstić information content (AvgIpc) is 3.36. The Morgan fingerprint density at radius 3 is 2.94 bits per heavy atom. The second-order valence-electron chi connectivity index (χ2n) is 7.01. The van der Waals surface area contributed by atoms with Gasteiger partial charge in [-0.15, -0.1) is 5.10 Å². The predicted molar refractivity (Wildman–Crippen MR) is 118 cm³/mol. The van der Waals surface area contributed by atoms with Crippen molar-refractivity contribution in [3.8, 4) is 17.2 Å². The van der Waals surface area contributed by atoms with E-state index < -0.39 is 6.10 Å². The van der Waals surface area contributed by atoms with Crippen LogP contribution < -0.4 is 19.5 Å². The summed E-state index contributed by atoms with van der Waals surface area (Å²) < 4.78 is 17.2. The molecule has 164 valence electrons. The third-order valence-electron chi connectivity index (χ3n) is 4.62. The van der Waals surface area contributed by atoms with Crippen LogP contribution in [0.15, 0.2) is 60.9 Å². The maximum absolute atomic E-state index is 12.5. The van der Waals surface area contributed by atoms with Crippen LogP contribution in [0, 0.1) is 0 Å². The van der Waals surface area contributed by atoms with Crippen molar-refractivity contribution < 1.29 is 19.0 Å². The summed E-state index contributed by atoms with van der Waals surface area (Å²) in [7, 11) is 0. The number of H-pyrrole nitrogens is 1. The number of carbonyl (C=O) groups excluding carboxylic acids is 1. The normalized spacial score (nSPS) is 15.2. The molecule has 1 atom stereocenters. The average molecular weight is 433 g/mol. The molecule has 0 spiro atoms. The molecule has 9 heteroatoms. The standard InChI is InChI=1S/C23H23N5O4/c1-2-3-4-14-30-17-11-8-16(9-12-17)10-13-21(29)24-18-6-5-7-19-22(18)32-20(15-31-19)23-25-27-28-26-23/h4-14,20H,2-3,15H2,1H3,(H,24,29)(H,25,26,27,28). The number of nitrogens with zero attached hydrogens (tertiary/aromatic N) is 3. The summed E-state index contributed by atoms with van der Waals surface area (Å²) in [5.74, 6) is 1.86. The van der Waals surface area contributed by atoms with Gasteiger partial charge in [0, 0.05) is 6.08 Å². The van der Waals surface area contributed by atoms with E-state index in [2.05, 4.69) is 32.9 Å². The minimum absolute atomic E-state index is 0.259. The highest BCUT2D eigenvalue weighted by Crippen LogP contribution is 2.41.